The number of hydrogen-bond acceptors (Lipinski definition) is 4. The predicted octanol–water partition coefficient (Wildman–Crippen LogP) is 0.869. The van der Waals surface area contributed by atoms with Crippen LogP contribution in [0.15, 0.2) is 5.16 Å². The topological polar surface area (TPSA) is 56.7 Å². The molecule has 0 saturated carbocycles. The molecule has 1 rings (SSSR count). The molecule has 0 radical (unpaired) electrons. The number of aromatic nitrogens is 3. The lowest BCUT2D eigenvalue weighted by molar-refractivity contribution is 0.643. The Morgan fingerprint density at radius 3 is 2.67 bits per heavy atom. The lowest BCUT2D eigenvalue weighted by Crippen LogP contribution is -2.07. The van der Waals surface area contributed by atoms with Crippen molar-refractivity contribution in [3.8, 4) is 0 Å². The minimum atomic E-state index is 0.463. The Morgan fingerprint density at radius 2 is 2.17 bits per heavy atom. The Hall–Kier alpha value is -0.550. The Balaban J connectivity index is 2.88. The van der Waals surface area contributed by atoms with Gasteiger partial charge in [0.05, 0.1) is 6.54 Å². The Morgan fingerprint density at radius 1 is 1.42 bits per heavy atom. The summed E-state index contributed by atoms with van der Waals surface area (Å²) in [6, 6.07) is 0. The maximum Gasteiger partial charge on any atom is 0.191 e. The first kappa shape index (κ1) is 9.54. The van der Waals surface area contributed by atoms with E-state index >= 15 is 0 Å². The molecule has 0 saturated heterocycles. The zero-order chi connectivity index (χ0) is 8.97. The summed E-state index contributed by atoms with van der Waals surface area (Å²) < 4.78 is 2.05. The van der Waals surface area contributed by atoms with Gasteiger partial charge in [-0.1, -0.05) is 18.7 Å². The zero-order valence-electron chi connectivity index (χ0n) is 7.45. The smallest absolute Gasteiger partial charge is 0.191 e. The molecule has 0 fully saturated rings. The van der Waals surface area contributed by atoms with Crippen LogP contribution in [0.5, 0.6) is 0 Å². The van der Waals surface area contributed by atoms with Gasteiger partial charge in [0.15, 0.2) is 5.16 Å². The zero-order valence-corrected chi connectivity index (χ0v) is 8.27. The summed E-state index contributed by atoms with van der Waals surface area (Å²) in [5, 5.41) is 9.01. The molecule has 1 heterocycles. The third-order valence-electron chi connectivity index (χ3n) is 1.57. The second-order valence-corrected chi connectivity index (χ2v) is 3.51. The van der Waals surface area contributed by atoms with Crippen molar-refractivity contribution < 1.29 is 0 Å². The second kappa shape index (κ2) is 4.47. The van der Waals surface area contributed by atoms with Crippen LogP contribution in [-0.4, -0.2) is 20.5 Å². The first-order chi connectivity index (χ1) is 5.83. The van der Waals surface area contributed by atoms with E-state index in [9.17, 15) is 0 Å². The summed E-state index contributed by atoms with van der Waals surface area (Å²) in [4.78, 5) is 0. The lowest BCUT2D eigenvalue weighted by Gasteiger charge is -2.03. The summed E-state index contributed by atoms with van der Waals surface area (Å²) in [5.41, 5.74) is 5.50. The molecule has 2 N–H and O–H groups in total. The van der Waals surface area contributed by atoms with E-state index in [0.717, 1.165) is 23.3 Å². The molecule has 68 valence electrons. The summed E-state index contributed by atoms with van der Waals surface area (Å²) in [6.07, 6.45) is 0. The Bertz CT molecular complexity index is 246. The van der Waals surface area contributed by atoms with Crippen LogP contribution < -0.4 is 5.73 Å². The summed E-state index contributed by atoms with van der Waals surface area (Å²) >= 11 is 1.70. The minimum Gasteiger partial charge on any atom is -0.324 e. The molecule has 4 nitrogen and oxygen atoms in total. The summed E-state index contributed by atoms with van der Waals surface area (Å²) in [6.45, 7) is 5.52. The van der Waals surface area contributed by atoms with Gasteiger partial charge in [0.25, 0.3) is 0 Å². The van der Waals surface area contributed by atoms with Crippen molar-refractivity contribution in [2.24, 2.45) is 5.73 Å². The third kappa shape index (κ3) is 1.78. The summed E-state index contributed by atoms with van der Waals surface area (Å²) in [7, 11) is 0. The monoisotopic (exact) mass is 186 g/mol. The number of nitrogens with two attached hydrogens (primary N) is 1. The average Bonchev–Trinajstić information content (AvgIpc) is 2.47. The number of nitrogens with zero attached hydrogens (tertiary/aromatic N) is 3. The van der Waals surface area contributed by atoms with E-state index in [1.807, 2.05) is 4.57 Å². The van der Waals surface area contributed by atoms with Gasteiger partial charge in [-0.3, -0.25) is 0 Å². The van der Waals surface area contributed by atoms with Crippen LogP contribution in [0.1, 0.15) is 19.7 Å². The van der Waals surface area contributed by atoms with E-state index in [0.29, 0.717) is 6.54 Å². The van der Waals surface area contributed by atoms with Gasteiger partial charge in [-0.05, 0) is 12.7 Å². The second-order valence-electron chi connectivity index (χ2n) is 2.28. The van der Waals surface area contributed by atoms with Gasteiger partial charge >= 0.3 is 0 Å². The largest absolute Gasteiger partial charge is 0.324 e. The quantitative estimate of drug-likeness (QED) is 0.709. The number of thioether (sulfide) groups is 1. The molecule has 0 aliphatic carbocycles. The van der Waals surface area contributed by atoms with Gasteiger partial charge in [-0.25, -0.2) is 0 Å². The normalized spacial score (nSPS) is 10.6. The third-order valence-corrected chi connectivity index (χ3v) is 2.41. The molecule has 1 aromatic rings. The Kier molecular flexibility index (Phi) is 3.55. The van der Waals surface area contributed by atoms with Gasteiger partial charge in [0.2, 0.25) is 0 Å². The van der Waals surface area contributed by atoms with Gasteiger partial charge in [0.1, 0.15) is 5.82 Å². The van der Waals surface area contributed by atoms with Gasteiger partial charge < -0.3 is 10.3 Å². The van der Waals surface area contributed by atoms with Crippen molar-refractivity contribution in [3.05, 3.63) is 5.82 Å². The highest BCUT2D eigenvalue weighted by Crippen LogP contribution is 2.15. The van der Waals surface area contributed by atoms with E-state index < -0.39 is 0 Å². The van der Waals surface area contributed by atoms with Crippen LogP contribution in [-0.2, 0) is 13.1 Å². The molecule has 0 aromatic carbocycles. The highest BCUT2D eigenvalue weighted by atomic mass is 32.2. The average molecular weight is 186 g/mol. The van der Waals surface area contributed by atoms with Gasteiger partial charge in [0, 0.05) is 6.54 Å². The molecule has 5 heteroatoms. The SMILES string of the molecule is CCSc1nnc(CN)n1CC. The highest BCUT2D eigenvalue weighted by Gasteiger charge is 2.07. The fraction of sp³-hybridized carbons (Fsp3) is 0.714. The van der Waals surface area contributed by atoms with E-state index in [1.165, 1.54) is 0 Å². The predicted molar refractivity (Wildman–Crippen MR) is 50.0 cm³/mol. The molecular weight excluding hydrogens is 172 g/mol. The first-order valence-corrected chi connectivity index (χ1v) is 5.07. The van der Waals surface area contributed by atoms with Gasteiger partial charge in [-0.15, -0.1) is 10.2 Å². The lowest BCUT2D eigenvalue weighted by atomic mass is 10.6. The van der Waals surface area contributed by atoms with Crippen LogP contribution >= 0.6 is 11.8 Å². The van der Waals surface area contributed by atoms with Gasteiger partial charge in [-0.2, -0.15) is 0 Å². The van der Waals surface area contributed by atoms with Crippen molar-refractivity contribution in [3.63, 3.8) is 0 Å². The van der Waals surface area contributed by atoms with E-state index in [2.05, 4.69) is 24.0 Å². The first-order valence-electron chi connectivity index (χ1n) is 4.08. The van der Waals surface area contributed by atoms with Crippen molar-refractivity contribution >= 4 is 11.8 Å². The van der Waals surface area contributed by atoms with E-state index in [-0.39, 0.29) is 0 Å². The molecule has 0 bridgehead atoms. The molecule has 0 unspecified atom stereocenters. The molecule has 12 heavy (non-hydrogen) atoms. The number of rotatable bonds is 4. The van der Waals surface area contributed by atoms with Crippen molar-refractivity contribution in [1.82, 2.24) is 14.8 Å². The maximum atomic E-state index is 5.50. The van der Waals surface area contributed by atoms with Crippen LogP contribution in [0.4, 0.5) is 0 Å². The standard InChI is InChI=1S/C7H14N4S/c1-3-11-6(5-8)9-10-7(11)12-4-2/h3-5,8H2,1-2H3. The van der Waals surface area contributed by atoms with E-state index in [1.54, 1.807) is 11.8 Å². The molecule has 0 aliphatic rings. The van der Waals surface area contributed by atoms with Crippen LogP contribution in [0.2, 0.25) is 0 Å². The van der Waals surface area contributed by atoms with Crippen molar-refractivity contribution in [1.29, 1.82) is 0 Å². The summed E-state index contributed by atoms with van der Waals surface area (Å²) in [5.74, 6) is 1.89. The number of hydrogen-bond donors (Lipinski definition) is 1. The van der Waals surface area contributed by atoms with Crippen molar-refractivity contribution in [2.75, 3.05) is 5.75 Å². The van der Waals surface area contributed by atoms with Crippen LogP contribution in [0.3, 0.4) is 0 Å². The van der Waals surface area contributed by atoms with Crippen molar-refractivity contribution in [2.45, 2.75) is 32.1 Å². The highest BCUT2D eigenvalue weighted by molar-refractivity contribution is 7.99. The molecule has 0 amide bonds. The fourth-order valence-electron chi connectivity index (χ4n) is 1.02. The van der Waals surface area contributed by atoms with Crippen LogP contribution in [0, 0.1) is 0 Å². The van der Waals surface area contributed by atoms with Crippen LogP contribution in [0.25, 0.3) is 0 Å². The fourth-order valence-corrected chi connectivity index (χ4v) is 1.77. The molecule has 0 atom stereocenters. The Labute approximate surface area is 76.5 Å². The molecule has 1 aromatic heterocycles. The minimum absolute atomic E-state index is 0.463. The molecular formula is C7H14N4S. The maximum absolute atomic E-state index is 5.50. The molecule has 0 spiro atoms. The van der Waals surface area contributed by atoms with E-state index in [4.69, 9.17) is 5.73 Å². The molecule has 0 aliphatic heterocycles.